The lowest BCUT2D eigenvalue weighted by Crippen LogP contribution is -2.38. The van der Waals surface area contributed by atoms with Gasteiger partial charge in [0.25, 0.3) is 0 Å². The molecule has 0 spiro atoms. The molecule has 0 aromatic carbocycles. The number of ether oxygens (including phenoxy) is 1. The summed E-state index contributed by atoms with van der Waals surface area (Å²) in [7, 11) is -2.89. The van der Waals surface area contributed by atoms with Crippen LogP contribution in [0.5, 0.6) is 0 Å². The third kappa shape index (κ3) is 9.59. The number of sulfone groups is 1. The maximum atomic E-state index is 11.6. The number of amides is 3. The zero-order valence-corrected chi connectivity index (χ0v) is 15.1. The van der Waals surface area contributed by atoms with Crippen LogP contribution in [0.1, 0.15) is 39.0 Å². The Morgan fingerprint density at radius 1 is 1.04 bits per heavy atom. The lowest BCUT2D eigenvalue weighted by molar-refractivity contribution is 0.152. The number of urea groups is 1. The largest absolute Gasteiger partial charge is 0.450 e. The number of nitrogens with one attached hydrogen (secondary N) is 3. The van der Waals surface area contributed by atoms with Crippen LogP contribution in [0.15, 0.2) is 0 Å². The van der Waals surface area contributed by atoms with E-state index in [2.05, 4.69) is 16.0 Å². The van der Waals surface area contributed by atoms with E-state index in [0.29, 0.717) is 32.7 Å². The van der Waals surface area contributed by atoms with Crippen molar-refractivity contribution in [3.8, 4) is 0 Å². The first-order chi connectivity index (χ1) is 11.4. The van der Waals surface area contributed by atoms with Gasteiger partial charge in [-0.2, -0.15) is 0 Å². The Labute approximate surface area is 144 Å². The number of carbonyl (C=O) groups excluding carboxylic acids is 2. The molecule has 1 saturated heterocycles. The normalized spacial score (nSPS) is 18.8. The molecule has 3 N–H and O–H groups in total. The first-order valence-electron chi connectivity index (χ1n) is 8.55. The van der Waals surface area contributed by atoms with E-state index in [0.717, 1.165) is 25.7 Å². The summed E-state index contributed by atoms with van der Waals surface area (Å²) < 4.78 is 27.4. The second-order valence-electron chi connectivity index (χ2n) is 5.97. The van der Waals surface area contributed by atoms with Gasteiger partial charge in [0, 0.05) is 19.6 Å². The van der Waals surface area contributed by atoms with Crippen LogP contribution < -0.4 is 16.0 Å². The van der Waals surface area contributed by atoms with Gasteiger partial charge in [-0.3, -0.25) is 0 Å². The molecule has 0 saturated carbocycles. The molecule has 0 aromatic heterocycles. The minimum Gasteiger partial charge on any atom is -0.450 e. The average Bonchev–Trinajstić information content (AvgIpc) is 2.87. The van der Waals surface area contributed by atoms with E-state index in [-0.39, 0.29) is 29.5 Å². The molecule has 0 aliphatic carbocycles. The van der Waals surface area contributed by atoms with E-state index < -0.39 is 9.84 Å². The molecule has 0 aromatic rings. The third-order valence-corrected chi connectivity index (χ3v) is 5.65. The van der Waals surface area contributed by atoms with E-state index in [1.165, 1.54) is 0 Å². The predicted molar refractivity (Wildman–Crippen MR) is 91.7 cm³/mol. The topological polar surface area (TPSA) is 114 Å². The minimum atomic E-state index is -2.89. The van der Waals surface area contributed by atoms with Gasteiger partial charge in [-0.25, -0.2) is 18.0 Å². The molecule has 140 valence electrons. The molecular formula is C15H29N3O5S. The fourth-order valence-electron chi connectivity index (χ4n) is 2.51. The molecule has 3 amide bonds. The Hall–Kier alpha value is -1.51. The fourth-order valence-corrected chi connectivity index (χ4v) is 4.37. The SMILES string of the molecule is CCOC(=O)NCCCCCCNC(=O)NCC1CCS(=O)(=O)C1. The van der Waals surface area contributed by atoms with Crippen molar-refractivity contribution in [1.29, 1.82) is 0 Å². The molecule has 1 fully saturated rings. The lowest BCUT2D eigenvalue weighted by atomic mass is 10.1. The predicted octanol–water partition coefficient (Wildman–Crippen LogP) is 1.03. The molecule has 1 heterocycles. The highest BCUT2D eigenvalue weighted by Gasteiger charge is 2.27. The van der Waals surface area contributed by atoms with Crippen molar-refractivity contribution < 1.29 is 22.7 Å². The monoisotopic (exact) mass is 363 g/mol. The summed E-state index contributed by atoms with van der Waals surface area (Å²) in [5.74, 6) is 0.437. The maximum absolute atomic E-state index is 11.6. The Kier molecular flexibility index (Phi) is 9.51. The highest BCUT2D eigenvalue weighted by molar-refractivity contribution is 7.91. The van der Waals surface area contributed by atoms with Gasteiger partial charge in [-0.15, -0.1) is 0 Å². The lowest BCUT2D eigenvalue weighted by Gasteiger charge is -2.11. The zero-order valence-electron chi connectivity index (χ0n) is 14.3. The van der Waals surface area contributed by atoms with Crippen molar-refractivity contribution in [3.63, 3.8) is 0 Å². The second-order valence-corrected chi connectivity index (χ2v) is 8.20. The summed E-state index contributed by atoms with van der Waals surface area (Å²) in [5, 5.41) is 8.14. The fraction of sp³-hybridized carbons (Fsp3) is 0.867. The number of hydrogen-bond donors (Lipinski definition) is 3. The van der Waals surface area contributed by atoms with Gasteiger partial charge in [0.2, 0.25) is 0 Å². The molecule has 8 nitrogen and oxygen atoms in total. The summed E-state index contributed by atoms with van der Waals surface area (Å²) in [6.45, 7) is 3.72. The van der Waals surface area contributed by atoms with E-state index in [4.69, 9.17) is 4.74 Å². The van der Waals surface area contributed by atoms with Gasteiger partial charge in [-0.05, 0) is 32.1 Å². The average molecular weight is 363 g/mol. The van der Waals surface area contributed by atoms with E-state index >= 15 is 0 Å². The summed E-state index contributed by atoms with van der Waals surface area (Å²) in [6.07, 6.45) is 3.92. The summed E-state index contributed by atoms with van der Waals surface area (Å²) in [4.78, 5) is 22.6. The minimum absolute atomic E-state index is 0.0349. The number of unbranched alkanes of at least 4 members (excludes halogenated alkanes) is 3. The second kappa shape index (κ2) is 11.1. The third-order valence-electron chi connectivity index (χ3n) is 3.81. The van der Waals surface area contributed by atoms with Gasteiger partial charge in [0.15, 0.2) is 9.84 Å². The molecule has 1 aliphatic rings. The van der Waals surface area contributed by atoms with Crippen LogP contribution in [-0.2, 0) is 14.6 Å². The van der Waals surface area contributed by atoms with Crippen molar-refractivity contribution in [3.05, 3.63) is 0 Å². The quantitative estimate of drug-likeness (QED) is 0.502. The number of alkyl carbamates (subject to hydrolysis) is 1. The molecule has 9 heteroatoms. The maximum Gasteiger partial charge on any atom is 0.407 e. The van der Waals surface area contributed by atoms with Crippen molar-refractivity contribution in [2.75, 3.05) is 37.7 Å². The van der Waals surface area contributed by atoms with Crippen LogP contribution in [0.3, 0.4) is 0 Å². The van der Waals surface area contributed by atoms with E-state index in [9.17, 15) is 18.0 Å². The van der Waals surface area contributed by atoms with Crippen LogP contribution in [0.4, 0.5) is 9.59 Å². The van der Waals surface area contributed by atoms with Crippen LogP contribution >= 0.6 is 0 Å². The van der Waals surface area contributed by atoms with Crippen LogP contribution in [0.2, 0.25) is 0 Å². The first kappa shape index (κ1) is 20.5. The first-order valence-corrected chi connectivity index (χ1v) is 10.4. The summed E-state index contributed by atoms with van der Waals surface area (Å²) in [6, 6.07) is -0.247. The van der Waals surface area contributed by atoms with Crippen LogP contribution in [0, 0.1) is 5.92 Å². The van der Waals surface area contributed by atoms with Crippen molar-refractivity contribution >= 4 is 22.0 Å². The Bertz CT molecular complexity index is 495. The van der Waals surface area contributed by atoms with Crippen LogP contribution in [-0.4, -0.2) is 58.3 Å². The molecule has 0 radical (unpaired) electrons. The standard InChI is InChI=1S/C15H29N3O5S/c1-2-23-15(20)17-9-6-4-3-5-8-16-14(19)18-11-13-7-10-24(21,22)12-13/h13H,2-12H2,1H3,(H,17,20)(H2,16,18,19). The number of carbonyl (C=O) groups is 2. The Balaban J connectivity index is 1.90. The van der Waals surface area contributed by atoms with Crippen molar-refractivity contribution in [2.45, 2.75) is 39.0 Å². The van der Waals surface area contributed by atoms with E-state index in [1.54, 1.807) is 6.92 Å². The Morgan fingerprint density at radius 2 is 1.71 bits per heavy atom. The van der Waals surface area contributed by atoms with E-state index in [1.807, 2.05) is 0 Å². The van der Waals surface area contributed by atoms with Gasteiger partial charge in [-0.1, -0.05) is 12.8 Å². The molecular weight excluding hydrogens is 334 g/mol. The summed E-state index contributed by atoms with van der Waals surface area (Å²) in [5.41, 5.74) is 0. The van der Waals surface area contributed by atoms with Gasteiger partial charge >= 0.3 is 12.1 Å². The molecule has 24 heavy (non-hydrogen) atoms. The number of hydrogen-bond acceptors (Lipinski definition) is 5. The van der Waals surface area contributed by atoms with Crippen molar-refractivity contribution in [1.82, 2.24) is 16.0 Å². The zero-order chi connectivity index (χ0) is 17.8. The van der Waals surface area contributed by atoms with Crippen LogP contribution in [0.25, 0.3) is 0 Å². The number of rotatable bonds is 10. The highest BCUT2D eigenvalue weighted by Crippen LogP contribution is 2.17. The molecule has 1 rings (SSSR count). The Morgan fingerprint density at radius 3 is 2.29 bits per heavy atom. The smallest absolute Gasteiger partial charge is 0.407 e. The van der Waals surface area contributed by atoms with Gasteiger partial charge < -0.3 is 20.7 Å². The van der Waals surface area contributed by atoms with Gasteiger partial charge in [0.1, 0.15) is 0 Å². The van der Waals surface area contributed by atoms with Crippen molar-refractivity contribution in [2.24, 2.45) is 5.92 Å². The molecule has 1 atom stereocenters. The molecule has 1 aliphatic heterocycles. The summed E-state index contributed by atoms with van der Waals surface area (Å²) >= 11 is 0. The molecule has 1 unspecified atom stereocenters. The molecule has 0 bridgehead atoms. The van der Waals surface area contributed by atoms with Gasteiger partial charge in [0.05, 0.1) is 18.1 Å². The highest BCUT2D eigenvalue weighted by atomic mass is 32.2.